The molecule has 0 fully saturated rings. The number of thiazole rings is 1. The van der Waals surface area contributed by atoms with E-state index >= 15 is 0 Å². The molecule has 2 heterocycles. The highest BCUT2D eigenvalue weighted by Gasteiger charge is 2.15. The first-order valence-electron chi connectivity index (χ1n) is 5.66. The monoisotopic (exact) mass is 259 g/mol. The third-order valence-corrected chi connectivity index (χ3v) is 3.90. The first kappa shape index (κ1) is 11.2. The van der Waals surface area contributed by atoms with Crippen LogP contribution in [0.1, 0.15) is 17.0 Å². The number of nitrogen functional groups attached to an aromatic ring is 1. The van der Waals surface area contributed by atoms with Crippen molar-refractivity contribution >= 4 is 26.7 Å². The molecule has 0 saturated carbocycles. The SMILES string of the molecule is Cc1cc2nc(N)sc2cc1-c1c(C)noc1C. The Kier molecular flexibility index (Phi) is 2.38. The van der Waals surface area contributed by atoms with Crippen molar-refractivity contribution < 1.29 is 4.52 Å². The van der Waals surface area contributed by atoms with Gasteiger partial charge in [-0.05, 0) is 44.0 Å². The molecule has 0 saturated heterocycles. The number of benzene rings is 1. The quantitative estimate of drug-likeness (QED) is 0.726. The standard InChI is InChI=1S/C13H13N3OS/c1-6-4-10-11(18-13(14)15-10)5-9(6)12-7(2)16-17-8(12)3/h4-5H,1-3H3,(H2,14,15). The van der Waals surface area contributed by atoms with Crippen LogP contribution in [0.25, 0.3) is 21.3 Å². The molecule has 18 heavy (non-hydrogen) atoms. The second-order valence-electron chi connectivity index (χ2n) is 4.39. The number of aryl methyl sites for hydroxylation is 3. The van der Waals surface area contributed by atoms with Crippen LogP contribution in [0.4, 0.5) is 5.13 Å². The van der Waals surface area contributed by atoms with Gasteiger partial charge in [0.1, 0.15) is 5.76 Å². The third kappa shape index (κ3) is 1.59. The maximum atomic E-state index is 5.75. The van der Waals surface area contributed by atoms with E-state index < -0.39 is 0 Å². The molecular weight excluding hydrogens is 246 g/mol. The van der Waals surface area contributed by atoms with Crippen molar-refractivity contribution in [2.75, 3.05) is 5.73 Å². The number of aromatic nitrogens is 2. The molecule has 0 aliphatic rings. The van der Waals surface area contributed by atoms with Crippen LogP contribution in [0, 0.1) is 20.8 Å². The van der Waals surface area contributed by atoms with Crippen LogP contribution in [0.2, 0.25) is 0 Å². The van der Waals surface area contributed by atoms with Crippen molar-refractivity contribution in [1.29, 1.82) is 0 Å². The zero-order chi connectivity index (χ0) is 12.9. The molecule has 5 heteroatoms. The zero-order valence-corrected chi connectivity index (χ0v) is 11.3. The Labute approximate surface area is 108 Å². The molecule has 2 aromatic heterocycles. The van der Waals surface area contributed by atoms with E-state index in [-0.39, 0.29) is 0 Å². The molecule has 92 valence electrons. The Balaban J connectivity index is 2.32. The van der Waals surface area contributed by atoms with Gasteiger partial charge in [-0.25, -0.2) is 4.98 Å². The number of nitrogens with zero attached hydrogens (tertiary/aromatic N) is 2. The highest BCUT2D eigenvalue weighted by Crippen LogP contribution is 2.34. The Morgan fingerprint density at radius 2 is 2.00 bits per heavy atom. The highest BCUT2D eigenvalue weighted by atomic mass is 32.1. The van der Waals surface area contributed by atoms with E-state index in [1.807, 2.05) is 13.8 Å². The number of anilines is 1. The number of rotatable bonds is 1. The lowest BCUT2D eigenvalue weighted by molar-refractivity contribution is 0.393. The Morgan fingerprint density at radius 3 is 2.67 bits per heavy atom. The van der Waals surface area contributed by atoms with Gasteiger partial charge in [0.15, 0.2) is 5.13 Å². The maximum absolute atomic E-state index is 5.75. The van der Waals surface area contributed by atoms with Crippen LogP contribution in [0.3, 0.4) is 0 Å². The second kappa shape index (κ2) is 3.81. The smallest absolute Gasteiger partial charge is 0.181 e. The normalized spacial score (nSPS) is 11.3. The topological polar surface area (TPSA) is 64.9 Å². The van der Waals surface area contributed by atoms with Crippen molar-refractivity contribution in [2.45, 2.75) is 20.8 Å². The summed E-state index contributed by atoms with van der Waals surface area (Å²) in [5.41, 5.74) is 11.0. The molecule has 0 spiro atoms. The van der Waals surface area contributed by atoms with E-state index in [0.29, 0.717) is 5.13 Å². The molecule has 2 N–H and O–H groups in total. The minimum absolute atomic E-state index is 0.598. The molecule has 0 unspecified atom stereocenters. The highest BCUT2D eigenvalue weighted by molar-refractivity contribution is 7.22. The Morgan fingerprint density at radius 1 is 1.22 bits per heavy atom. The predicted octanol–water partition coefficient (Wildman–Crippen LogP) is 3.46. The van der Waals surface area contributed by atoms with Gasteiger partial charge in [0.05, 0.1) is 15.9 Å². The lowest BCUT2D eigenvalue weighted by Gasteiger charge is -2.05. The van der Waals surface area contributed by atoms with E-state index in [1.54, 1.807) is 0 Å². The largest absolute Gasteiger partial charge is 0.375 e. The molecule has 4 nitrogen and oxygen atoms in total. The van der Waals surface area contributed by atoms with Gasteiger partial charge < -0.3 is 10.3 Å². The minimum atomic E-state index is 0.598. The lowest BCUT2D eigenvalue weighted by atomic mass is 9.99. The molecule has 1 aromatic carbocycles. The van der Waals surface area contributed by atoms with Gasteiger partial charge >= 0.3 is 0 Å². The summed E-state index contributed by atoms with van der Waals surface area (Å²) in [7, 11) is 0. The average Bonchev–Trinajstić information content (AvgIpc) is 2.80. The Hall–Kier alpha value is -1.88. The van der Waals surface area contributed by atoms with Crippen molar-refractivity contribution in [3.8, 4) is 11.1 Å². The van der Waals surface area contributed by atoms with Crippen LogP contribution in [-0.4, -0.2) is 10.1 Å². The number of fused-ring (bicyclic) bond motifs is 1. The Bertz CT molecular complexity index is 723. The maximum Gasteiger partial charge on any atom is 0.181 e. The summed E-state index contributed by atoms with van der Waals surface area (Å²) in [6, 6.07) is 4.18. The lowest BCUT2D eigenvalue weighted by Crippen LogP contribution is -1.86. The van der Waals surface area contributed by atoms with Crippen LogP contribution in [0.15, 0.2) is 16.7 Å². The van der Waals surface area contributed by atoms with E-state index in [9.17, 15) is 0 Å². The van der Waals surface area contributed by atoms with E-state index in [1.165, 1.54) is 11.3 Å². The van der Waals surface area contributed by atoms with Crippen LogP contribution in [-0.2, 0) is 0 Å². The summed E-state index contributed by atoms with van der Waals surface area (Å²) in [6.07, 6.45) is 0. The van der Waals surface area contributed by atoms with Crippen LogP contribution in [0.5, 0.6) is 0 Å². The van der Waals surface area contributed by atoms with Gasteiger partial charge in [0, 0.05) is 5.56 Å². The fraction of sp³-hybridized carbons (Fsp3) is 0.231. The summed E-state index contributed by atoms with van der Waals surface area (Å²) in [4.78, 5) is 4.30. The van der Waals surface area contributed by atoms with Crippen molar-refractivity contribution in [1.82, 2.24) is 10.1 Å². The molecule has 3 aromatic rings. The van der Waals surface area contributed by atoms with E-state index in [2.05, 4.69) is 29.2 Å². The summed E-state index contributed by atoms with van der Waals surface area (Å²) < 4.78 is 6.33. The molecule has 0 atom stereocenters. The number of hydrogen-bond acceptors (Lipinski definition) is 5. The van der Waals surface area contributed by atoms with Gasteiger partial charge in [0.2, 0.25) is 0 Å². The van der Waals surface area contributed by atoms with Gasteiger partial charge in [0.25, 0.3) is 0 Å². The third-order valence-electron chi connectivity index (χ3n) is 3.05. The molecule has 0 aliphatic heterocycles. The van der Waals surface area contributed by atoms with Crippen molar-refractivity contribution in [2.24, 2.45) is 0 Å². The van der Waals surface area contributed by atoms with Crippen molar-refractivity contribution in [3.63, 3.8) is 0 Å². The molecular formula is C13H13N3OS. The fourth-order valence-corrected chi connectivity index (χ4v) is 2.99. The average molecular weight is 259 g/mol. The number of nitrogens with two attached hydrogens (primary N) is 1. The zero-order valence-electron chi connectivity index (χ0n) is 10.4. The van der Waals surface area contributed by atoms with E-state index in [4.69, 9.17) is 10.3 Å². The van der Waals surface area contributed by atoms with Gasteiger partial charge in [-0.2, -0.15) is 0 Å². The van der Waals surface area contributed by atoms with Gasteiger partial charge in [-0.3, -0.25) is 0 Å². The molecule has 0 aliphatic carbocycles. The first-order valence-corrected chi connectivity index (χ1v) is 6.48. The van der Waals surface area contributed by atoms with Gasteiger partial charge in [-0.15, -0.1) is 0 Å². The summed E-state index contributed by atoms with van der Waals surface area (Å²) in [6.45, 7) is 5.95. The first-order chi connectivity index (χ1) is 8.56. The molecule has 3 rings (SSSR count). The molecule has 0 radical (unpaired) electrons. The second-order valence-corrected chi connectivity index (χ2v) is 5.45. The van der Waals surface area contributed by atoms with E-state index in [0.717, 1.165) is 38.4 Å². The van der Waals surface area contributed by atoms with Crippen LogP contribution < -0.4 is 5.73 Å². The van der Waals surface area contributed by atoms with Crippen molar-refractivity contribution in [3.05, 3.63) is 29.2 Å². The minimum Gasteiger partial charge on any atom is -0.375 e. The fourth-order valence-electron chi connectivity index (χ4n) is 2.23. The predicted molar refractivity (Wildman–Crippen MR) is 73.7 cm³/mol. The molecule has 0 bridgehead atoms. The van der Waals surface area contributed by atoms with Gasteiger partial charge in [-0.1, -0.05) is 16.5 Å². The summed E-state index contributed by atoms with van der Waals surface area (Å²) in [5.74, 6) is 0.840. The summed E-state index contributed by atoms with van der Waals surface area (Å²) in [5, 5.41) is 4.60. The van der Waals surface area contributed by atoms with Crippen LogP contribution >= 0.6 is 11.3 Å². The summed E-state index contributed by atoms with van der Waals surface area (Å²) >= 11 is 1.50. The molecule has 0 amide bonds. The number of hydrogen-bond donors (Lipinski definition) is 1.